The van der Waals surface area contributed by atoms with E-state index in [1.165, 1.54) is 24.3 Å². The predicted molar refractivity (Wildman–Crippen MR) is 111 cm³/mol. The van der Waals surface area contributed by atoms with E-state index in [2.05, 4.69) is 26.2 Å². The van der Waals surface area contributed by atoms with E-state index in [1.807, 2.05) is 36.4 Å². The Morgan fingerprint density at radius 3 is 1.83 bits per heavy atom. The standard InChI is InChI=1S/C22H15BrF3N3/c23-18-9-5-15(6-10-18)14-1-3-16(4-2-14)20-13-21(29-28-20,22(24,25)26)17-7-11-19(27)12-8-17/h1-13H,27H2. The third kappa shape index (κ3) is 3.58. The molecule has 0 aliphatic carbocycles. The van der Waals surface area contributed by atoms with Gasteiger partial charge in [-0.2, -0.15) is 23.4 Å². The Morgan fingerprint density at radius 2 is 1.28 bits per heavy atom. The number of benzene rings is 3. The Hall–Kier alpha value is -2.93. The van der Waals surface area contributed by atoms with Gasteiger partial charge < -0.3 is 5.73 Å². The molecule has 29 heavy (non-hydrogen) atoms. The first kappa shape index (κ1) is 19.4. The van der Waals surface area contributed by atoms with Gasteiger partial charge in [-0.25, -0.2) is 0 Å². The highest BCUT2D eigenvalue weighted by atomic mass is 79.9. The molecule has 0 radical (unpaired) electrons. The minimum atomic E-state index is -4.63. The van der Waals surface area contributed by atoms with Crippen molar-refractivity contribution in [2.45, 2.75) is 11.7 Å². The van der Waals surface area contributed by atoms with Gasteiger partial charge in [0.15, 0.2) is 0 Å². The Kier molecular flexibility index (Phi) is 4.78. The molecule has 1 atom stereocenters. The van der Waals surface area contributed by atoms with Crippen LogP contribution in [0.3, 0.4) is 0 Å². The van der Waals surface area contributed by atoms with Crippen molar-refractivity contribution in [1.29, 1.82) is 0 Å². The van der Waals surface area contributed by atoms with E-state index in [4.69, 9.17) is 5.73 Å². The highest BCUT2D eigenvalue weighted by Crippen LogP contribution is 2.49. The summed E-state index contributed by atoms with van der Waals surface area (Å²) in [7, 11) is 0. The van der Waals surface area contributed by atoms with Crippen molar-refractivity contribution in [1.82, 2.24) is 0 Å². The average Bonchev–Trinajstić information content (AvgIpc) is 3.16. The third-order valence-electron chi connectivity index (χ3n) is 4.80. The molecule has 3 aromatic carbocycles. The summed E-state index contributed by atoms with van der Waals surface area (Å²) in [5.74, 6) is 0. The fourth-order valence-electron chi connectivity index (χ4n) is 3.19. The van der Waals surface area contributed by atoms with Gasteiger partial charge in [0.2, 0.25) is 5.54 Å². The van der Waals surface area contributed by atoms with E-state index in [1.54, 1.807) is 12.1 Å². The summed E-state index contributed by atoms with van der Waals surface area (Å²) in [6.45, 7) is 0. The Morgan fingerprint density at radius 1 is 0.759 bits per heavy atom. The molecule has 1 unspecified atom stereocenters. The summed E-state index contributed by atoms with van der Waals surface area (Å²) >= 11 is 3.39. The largest absolute Gasteiger partial charge is 0.423 e. The zero-order valence-electron chi connectivity index (χ0n) is 15.0. The van der Waals surface area contributed by atoms with Gasteiger partial charge in [0.05, 0.1) is 5.70 Å². The normalized spacial score (nSPS) is 18.7. The fraction of sp³-hybridized carbons (Fsp3) is 0.0909. The molecule has 146 valence electrons. The summed E-state index contributed by atoms with van der Waals surface area (Å²) in [6, 6.07) is 20.5. The molecular formula is C22H15BrF3N3. The lowest BCUT2D eigenvalue weighted by atomic mass is 9.88. The van der Waals surface area contributed by atoms with Crippen LogP contribution in [0.4, 0.5) is 18.9 Å². The Labute approximate surface area is 173 Å². The number of alkyl halides is 3. The second-order valence-corrected chi connectivity index (χ2v) is 7.62. The quantitative estimate of drug-likeness (QED) is 0.424. The summed E-state index contributed by atoms with van der Waals surface area (Å²) in [4.78, 5) is 0. The molecule has 1 heterocycles. The van der Waals surface area contributed by atoms with Crippen molar-refractivity contribution < 1.29 is 13.2 Å². The zero-order valence-corrected chi connectivity index (χ0v) is 16.6. The number of hydrogen-bond donors (Lipinski definition) is 1. The number of nitrogens with zero attached hydrogens (tertiary/aromatic N) is 2. The molecule has 0 saturated carbocycles. The monoisotopic (exact) mass is 457 g/mol. The van der Waals surface area contributed by atoms with E-state index in [0.717, 1.165) is 21.7 Å². The van der Waals surface area contributed by atoms with Crippen LogP contribution < -0.4 is 5.73 Å². The van der Waals surface area contributed by atoms with Crippen LogP contribution in [-0.4, -0.2) is 6.18 Å². The van der Waals surface area contributed by atoms with Crippen LogP contribution >= 0.6 is 15.9 Å². The lowest BCUT2D eigenvalue weighted by Crippen LogP contribution is -2.37. The van der Waals surface area contributed by atoms with E-state index in [-0.39, 0.29) is 11.3 Å². The zero-order chi connectivity index (χ0) is 20.6. The van der Waals surface area contributed by atoms with Gasteiger partial charge in [-0.1, -0.05) is 64.5 Å². The third-order valence-corrected chi connectivity index (χ3v) is 5.33. The average molecular weight is 458 g/mol. The van der Waals surface area contributed by atoms with Gasteiger partial charge >= 0.3 is 6.18 Å². The molecule has 3 nitrogen and oxygen atoms in total. The van der Waals surface area contributed by atoms with Gasteiger partial charge in [-0.05, 0) is 47.0 Å². The van der Waals surface area contributed by atoms with Crippen LogP contribution in [0, 0.1) is 0 Å². The van der Waals surface area contributed by atoms with Crippen molar-refractivity contribution in [3.05, 3.63) is 94.5 Å². The van der Waals surface area contributed by atoms with Gasteiger partial charge in [0.1, 0.15) is 0 Å². The first-order valence-electron chi connectivity index (χ1n) is 8.73. The summed E-state index contributed by atoms with van der Waals surface area (Å²) in [5, 5.41) is 7.52. The maximum atomic E-state index is 14.0. The number of nitrogens with two attached hydrogens (primary N) is 1. The highest BCUT2D eigenvalue weighted by molar-refractivity contribution is 9.10. The van der Waals surface area contributed by atoms with Crippen LogP contribution in [0.25, 0.3) is 16.8 Å². The Bertz CT molecular complexity index is 1090. The van der Waals surface area contributed by atoms with Crippen molar-refractivity contribution in [2.24, 2.45) is 10.2 Å². The molecule has 0 saturated heterocycles. The first-order chi connectivity index (χ1) is 13.8. The second-order valence-electron chi connectivity index (χ2n) is 6.70. The Balaban J connectivity index is 1.70. The molecule has 0 aromatic heterocycles. The number of halogens is 4. The topological polar surface area (TPSA) is 50.7 Å². The minimum Gasteiger partial charge on any atom is -0.399 e. The predicted octanol–water partition coefficient (Wildman–Crippen LogP) is 6.96. The molecule has 2 N–H and O–H groups in total. The van der Waals surface area contributed by atoms with E-state index in [0.29, 0.717) is 11.3 Å². The number of rotatable bonds is 3. The van der Waals surface area contributed by atoms with Crippen LogP contribution in [0.15, 0.2) is 93.6 Å². The maximum Gasteiger partial charge on any atom is 0.423 e. The highest BCUT2D eigenvalue weighted by Gasteiger charge is 2.57. The smallest absolute Gasteiger partial charge is 0.399 e. The van der Waals surface area contributed by atoms with Gasteiger partial charge in [-0.15, -0.1) is 0 Å². The number of hydrogen-bond acceptors (Lipinski definition) is 3. The summed E-state index contributed by atoms with van der Waals surface area (Å²) in [6.07, 6.45) is -3.57. The molecule has 4 rings (SSSR count). The van der Waals surface area contributed by atoms with Crippen LogP contribution in [0.2, 0.25) is 0 Å². The van der Waals surface area contributed by atoms with Gasteiger partial charge in [0, 0.05) is 15.7 Å². The molecule has 1 aliphatic heterocycles. The molecule has 0 bridgehead atoms. The van der Waals surface area contributed by atoms with E-state index in [9.17, 15) is 13.2 Å². The molecule has 0 amide bonds. The molecule has 3 aromatic rings. The van der Waals surface area contributed by atoms with Crippen molar-refractivity contribution in [2.75, 3.05) is 5.73 Å². The fourth-order valence-corrected chi connectivity index (χ4v) is 3.45. The molecule has 1 aliphatic rings. The van der Waals surface area contributed by atoms with Crippen LogP contribution in [0.1, 0.15) is 11.1 Å². The first-order valence-corrected chi connectivity index (χ1v) is 9.53. The lowest BCUT2D eigenvalue weighted by molar-refractivity contribution is -0.174. The number of anilines is 1. The van der Waals surface area contributed by atoms with Crippen LogP contribution in [0.5, 0.6) is 0 Å². The van der Waals surface area contributed by atoms with E-state index >= 15 is 0 Å². The van der Waals surface area contributed by atoms with Crippen molar-refractivity contribution in [3.8, 4) is 11.1 Å². The van der Waals surface area contributed by atoms with Crippen LogP contribution in [-0.2, 0) is 5.54 Å². The SMILES string of the molecule is Nc1ccc(C2(C(F)(F)F)C=C(c3ccc(-c4ccc(Br)cc4)cc3)N=N2)cc1. The van der Waals surface area contributed by atoms with Crippen molar-refractivity contribution in [3.63, 3.8) is 0 Å². The molecule has 0 spiro atoms. The molecule has 0 fully saturated rings. The number of azo groups is 1. The maximum absolute atomic E-state index is 14.0. The molecule has 7 heteroatoms. The summed E-state index contributed by atoms with van der Waals surface area (Å²) in [5.41, 5.74) is 6.17. The van der Waals surface area contributed by atoms with Gasteiger partial charge in [-0.3, -0.25) is 0 Å². The lowest BCUT2D eigenvalue weighted by Gasteiger charge is -2.26. The van der Waals surface area contributed by atoms with E-state index < -0.39 is 11.7 Å². The molecular weight excluding hydrogens is 443 g/mol. The summed E-state index contributed by atoms with van der Waals surface area (Å²) < 4.78 is 42.9. The minimum absolute atomic E-state index is 0.0237. The van der Waals surface area contributed by atoms with Crippen molar-refractivity contribution >= 4 is 27.3 Å². The number of nitrogen functional groups attached to an aromatic ring is 1. The van der Waals surface area contributed by atoms with Gasteiger partial charge in [0.25, 0.3) is 0 Å². The second kappa shape index (κ2) is 7.15.